The summed E-state index contributed by atoms with van der Waals surface area (Å²) in [5.74, 6) is 1.39. The highest BCUT2D eigenvalue weighted by atomic mass is 79.9. The second-order valence-electron chi connectivity index (χ2n) is 9.94. The van der Waals surface area contributed by atoms with E-state index in [1.807, 2.05) is 24.3 Å². The van der Waals surface area contributed by atoms with Gasteiger partial charge in [0.15, 0.2) is 17.3 Å². The highest BCUT2D eigenvalue weighted by Crippen LogP contribution is 2.35. The smallest absolute Gasteiger partial charge is 0.307 e. The maximum Gasteiger partial charge on any atom is 0.307 e. The van der Waals surface area contributed by atoms with Crippen LogP contribution in [0.2, 0.25) is 0 Å². The number of carbonyl (C=O) groups is 1. The number of aromatic nitrogens is 1. The van der Waals surface area contributed by atoms with Crippen molar-refractivity contribution >= 4 is 33.7 Å². The first kappa shape index (κ1) is 31.1. The molecule has 0 aliphatic carbocycles. The number of non-ortho nitro benzene ring substituents is 1. The van der Waals surface area contributed by atoms with Gasteiger partial charge in [0, 0.05) is 39.2 Å². The number of methoxy groups -OCH3 is 1. The molecule has 2 heterocycles. The van der Waals surface area contributed by atoms with Crippen molar-refractivity contribution < 1.29 is 28.3 Å². The number of halogens is 1. The zero-order valence-electron chi connectivity index (χ0n) is 24.7. The van der Waals surface area contributed by atoms with Crippen LogP contribution in [0.1, 0.15) is 38.8 Å². The van der Waals surface area contributed by atoms with Crippen molar-refractivity contribution in [2.45, 2.75) is 27.1 Å². The lowest BCUT2D eigenvalue weighted by Gasteiger charge is -2.14. The highest BCUT2D eigenvalue weighted by Gasteiger charge is 2.15. The second-order valence-corrected chi connectivity index (χ2v) is 10.9. The number of nitrogens with zero attached hydrogens (tertiary/aromatic N) is 3. The zero-order chi connectivity index (χ0) is 31.9. The van der Waals surface area contributed by atoms with E-state index in [0.29, 0.717) is 38.6 Å². The Hall–Kier alpha value is -5.36. The van der Waals surface area contributed by atoms with E-state index in [0.717, 1.165) is 17.1 Å². The number of nitro groups is 1. The van der Waals surface area contributed by atoms with Crippen LogP contribution in [0.25, 0.3) is 5.69 Å². The molecule has 0 aliphatic heterocycles. The summed E-state index contributed by atoms with van der Waals surface area (Å²) in [4.78, 5) is 23.4. The molecule has 12 heteroatoms. The summed E-state index contributed by atoms with van der Waals surface area (Å²) in [6.07, 6.45) is 1.40. The van der Waals surface area contributed by atoms with Crippen LogP contribution in [-0.4, -0.2) is 28.7 Å². The molecule has 45 heavy (non-hydrogen) atoms. The Morgan fingerprint density at radius 2 is 1.76 bits per heavy atom. The quantitative estimate of drug-likeness (QED) is 0.0837. The van der Waals surface area contributed by atoms with E-state index in [-0.39, 0.29) is 24.7 Å². The average molecular weight is 674 g/mol. The third kappa shape index (κ3) is 7.60. The van der Waals surface area contributed by atoms with Gasteiger partial charge in [-0.2, -0.15) is 5.10 Å². The maximum atomic E-state index is 12.7. The van der Waals surface area contributed by atoms with E-state index in [1.165, 1.54) is 25.5 Å². The SMILES string of the molecule is COc1cc(Br)cc(C=NNC(=O)c2ccc(COc3ccc(-n4c(C)ccc4C)cc3)o2)c1OCc1cccc([N+](=O)[O-])c1. The van der Waals surface area contributed by atoms with Gasteiger partial charge in [0.05, 0.1) is 18.2 Å². The Morgan fingerprint density at radius 3 is 2.47 bits per heavy atom. The van der Waals surface area contributed by atoms with Gasteiger partial charge >= 0.3 is 5.91 Å². The van der Waals surface area contributed by atoms with Gasteiger partial charge in [-0.05, 0) is 80.1 Å². The monoisotopic (exact) mass is 672 g/mol. The lowest BCUT2D eigenvalue weighted by molar-refractivity contribution is -0.384. The maximum absolute atomic E-state index is 12.7. The fraction of sp³-hybridized carbons (Fsp3) is 0.152. The van der Waals surface area contributed by atoms with Crippen molar-refractivity contribution in [3.63, 3.8) is 0 Å². The summed E-state index contributed by atoms with van der Waals surface area (Å²) in [7, 11) is 1.49. The molecule has 3 aromatic carbocycles. The minimum Gasteiger partial charge on any atom is -0.493 e. The van der Waals surface area contributed by atoms with Gasteiger partial charge in [0.25, 0.3) is 5.69 Å². The minimum absolute atomic E-state index is 0.0385. The van der Waals surface area contributed by atoms with E-state index in [4.69, 9.17) is 18.6 Å². The summed E-state index contributed by atoms with van der Waals surface area (Å²) < 4.78 is 25.8. The lowest BCUT2D eigenvalue weighted by atomic mass is 10.2. The molecule has 5 rings (SSSR count). The van der Waals surface area contributed by atoms with Gasteiger partial charge in [0.1, 0.15) is 24.7 Å². The van der Waals surface area contributed by atoms with Gasteiger partial charge in [-0.15, -0.1) is 0 Å². The number of amides is 1. The number of nitro benzene ring substituents is 1. The average Bonchev–Trinajstić information content (AvgIpc) is 3.65. The third-order valence-electron chi connectivity index (χ3n) is 6.78. The van der Waals surface area contributed by atoms with Crippen LogP contribution in [0.4, 0.5) is 5.69 Å². The Balaban J connectivity index is 1.20. The van der Waals surface area contributed by atoms with E-state index in [1.54, 1.807) is 36.4 Å². The minimum atomic E-state index is -0.555. The number of hydrogen-bond acceptors (Lipinski definition) is 8. The van der Waals surface area contributed by atoms with Crippen molar-refractivity contribution in [3.05, 3.63) is 134 Å². The molecule has 2 aromatic heterocycles. The van der Waals surface area contributed by atoms with Crippen LogP contribution in [0.3, 0.4) is 0 Å². The van der Waals surface area contributed by atoms with E-state index in [2.05, 4.69) is 57.0 Å². The highest BCUT2D eigenvalue weighted by molar-refractivity contribution is 9.10. The molecule has 0 atom stereocenters. The number of benzene rings is 3. The van der Waals surface area contributed by atoms with Crippen molar-refractivity contribution in [2.24, 2.45) is 5.10 Å². The fourth-order valence-corrected chi connectivity index (χ4v) is 5.08. The standard InChI is InChI=1S/C33H29BrN4O7/c1-21-7-8-22(2)37(21)26-9-11-28(12-10-26)43-20-29-13-14-30(45-29)33(39)36-35-18-24-16-25(34)17-31(42-3)32(24)44-19-23-5-4-6-27(15-23)38(40)41/h4-18H,19-20H2,1-3H3,(H,36,39). The van der Waals surface area contributed by atoms with Gasteiger partial charge in [0.2, 0.25) is 0 Å². The number of furan rings is 1. The number of hydrogen-bond donors (Lipinski definition) is 1. The fourth-order valence-electron chi connectivity index (χ4n) is 4.62. The van der Waals surface area contributed by atoms with Crippen molar-refractivity contribution in [1.82, 2.24) is 9.99 Å². The first-order chi connectivity index (χ1) is 21.7. The summed E-state index contributed by atoms with van der Waals surface area (Å²) in [5.41, 5.74) is 6.84. The summed E-state index contributed by atoms with van der Waals surface area (Å²) in [6, 6.07) is 24.7. The number of aryl methyl sites for hydroxylation is 2. The summed E-state index contributed by atoms with van der Waals surface area (Å²) >= 11 is 3.43. The topological polar surface area (TPSA) is 130 Å². The van der Waals surface area contributed by atoms with E-state index in [9.17, 15) is 14.9 Å². The zero-order valence-corrected chi connectivity index (χ0v) is 26.2. The number of carbonyl (C=O) groups excluding carboxylic acids is 1. The van der Waals surface area contributed by atoms with Crippen LogP contribution in [0, 0.1) is 24.0 Å². The number of ether oxygens (including phenoxy) is 3. The molecule has 0 bridgehead atoms. The van der Waals surface area contributed by atoms with Crippen LogP contribution >= 0.6 is 15.9 Å². The van der Waals surface area contributed by atoms with Crippen LogP contribution < -0.4 is 19.6 Å². The number of hydrazone groups is 1. The molecule has 0 saturated carbocycles. The molecular formula is C33H29BrN4O7. The molecule has 0 aliphatic rings. The Kier molecular flexibility index (Phi) is 9.64. The normalized spacial score (nSPS) is 11.0. The lowest BCUT2D eigenvalue weighted by Crippen LogP contribution is -2.17. The van der Waals surface area contributed by atoms with Crippen LogP contribution in [0.5, 0.6) is 17.2 Å². The van der Waals surface area contributed by atoms with Gasteiger partial charge in [-0.3, -0.25) is 14.9 Å². The molecule has 5 aromatic rings. The van der Waals surface area contributed by atoms with Gasteiger partial charge in [-0.1, -0.05) is 28.1 Å². The third-order valence-corrected chi connectivity index (χ3v) is 7.23. The predicted octanol–water partition coefficient (Wildman–Crippen LogP) is 7.29. The Morgan fingerprint density at radius 1 is 1.00 bits per heavy atom. The molecule has 11 nitrogen and oxygen atoms in total. The van der Waals surface area contributed by atoms with E-state index < -0.39 is 10.8 Å². The molecule has 230 valence electrons. The molecule has 0 spiro atoms. The Bertz CT molecular complexity index is 1840. The van der Waals surface area contributed by atoms with Gasteiger partial charge < -0.3 is 23.2 Å². The molecule has 0 radical (unpaired) electrons. The van der Waals surface area contributed by atoms with Crippen LogP contribution in [0.15, 0.2) is 98.9 Å². The molecule has 1 amide bonds. The van der Waals surface area contributed by atoms with Crippen LogP contribution in [-0.2, 0) is 13.2 Å². The van der Waals surface area contributed by atoms with Crippen molar-refractivity contribution in [3.8, 4) is 22.9 Å². The number of rotatable bonds is 12. The molecule has 0 fully saturated rings. The van der Waals surface area contributed by atoms with Crippen molar-refractivity contribution in [2.75, 3.05) is 7.11 Å². The first-order valence-electron chi connectivity index (χ1n) is 13.8. The largest absolute Gasteiger partial charge is 0.493 e. The van der Waals surface area contributed by atoms with Crippen molar-refractivity contribution in [1.29, 1.82) is 0 Å². The second kappa shape index (κ2) is 14.0. The summed E-state index contributed by atoms with van der Waals surface area (Å²) in [6.45, 7) is 4.30. The first-order valence-corrected chi connectivity index (χ1v) is 14.5. The molecule has 0 unspecified atom stereocenters. The Labute approximate surface area is 267 Å². The number of nitrogens with one attached hydrogen (secondary N) is 1. The summed E-state index contributed by atoms with van der Waals surface area (Å²) in [5, 5.41) is 15.2. The van der Waals surface area contributed by atoms with Gasteiger partial charge in [-0.25, -0.2) is 5.43 Å². The molecular weight excluding hydrogens is 644 g/mol. The molecule has 0 saturated heterocycles. The predicted molar refractivity (Wildman–Crippen MR) is 171 cm³/mol. The van der Waals surface area contributed by atoms with E-state index >= 15 is 0 Å². The molecule has 1 N–H and O–H groups in total.